The summed E-state index contributed by atoms with van der Waals surface area (Å²) >= 11 is 11.8. The molecule has 1 rings (SSSR count). The van der Waals surface area contributed by atoms with Crippen molar-refractivity contribution in [1.29, 1.82) is 0 Å². The summed E-state index contributed by atoms with van der Waals surface area (Å²) in [5, 5.41) is 0.890. The number of anilines is 1. The third kappa shape index (κ3) is 3.46. The first-order valence-electron chi connectivity index (χ1n) is 4.20. The predicted molar refractivity (Wildman–Crippen MR) is 63.7 cm³/mol. The lowest BCUT2D eigenvalue weighted by Crippen LogP contribution is -2.07. The summed E-state index contributed by atoms with van der Waals surface area (Å²) in [6.45, 7) is 0. The molecule has 0 aliphatic rings. The molecule has 1 amide bonds. The number of carbonyl (C=O) groups is 1. The Morgan fingerprint density at radius 2 is 1.87 bits per heavy atom. The number of primary amides is 1. The lowest BCUT2D eigenvalue weighted by atomic mass is 10.2. The van der Waals surface area contributed by atoms with E-state index in [9.17, 15) is 4.79 Å². The van der Waals surface area contributed by atoms with E-state index in [1.54, 1.807) is 24.3 Å². The van der Waals surface area contributed by atoms with Gasteiger partial charge in [-0.3, -0.25) is 4.79 Å². The molecule has 80 valence electrons. The fourth-order valence-electron chi connectivity index (χ4n) is 1.06. The topological polar surface area (TPSA) is 69.1 Å². The Balaban J connectivity index is 2.94. The third-order valence-electron chi connectivity index (χ3n) is 1.70. The second kappa shape index (κ2) is 5.05. The molecule has 0 aromatic heterocycles. The quantitative estimate of drug-likeness (QED) is 0.803. The first-order chi connectivity index (χ1) is 7.00. The van der Waals surface area contributed by atoms with Crippen LogP contribution in [0.15, 0.2) is 18.2 Å². The molecule has 0 radical (unpaired) electrons. The van der Waals surface area contributed by atoms with Gasteiger partial charge in [-0.2, -0.15) is 0 Å². The summed E-state index contributed by atoms with van der Waals surface area (Å²) in [4.78, 5) is 10.5. The van der Waals surface area contributed by atoms with Crippen LogP contribution in [0.25, 0.3) is 6.08 Å². The van der Waals surface area contributed by atoms with Gasteiger partial charge in [0, 0.05) is 17.7 Å². The molecular formula is C10H10Cl2N2O. The number of halogens is 2. The molecule has 1 aromatic rings. The fourth-order valence-corrected chi connectivity index (χ4v) is 1.69. The van der Waals surface area contributed by atoms with Crippen LogP contribution in [-0.4, -0.2) is 5.91 Å². The largest absolute Gasteiger partial charge is 0.399 e. The van der Waals surface area contributed by atoms with Crippen LogP contribution in [0.2, 0.25) is 10.0 Å². The van der Waals surface area contributed by atoms with Crippen LogP contribution in [0.4, 0.5) is 5.69 Å². The van der Waals surface area contributed by atoms with Gasteiger partial charge in [-0.1, -0.05) is 35.4 Å². The molecule has 0 unspecified atom stereocenters. The second-order valence-electron chi connectivity index (χ2n) is 2.97. The molecule has 0 bridgehead atoms. The van der Waals surface area contributed by atoms with Crippen molar-refractivity contribution in [2.45, 2.75) is 6.42 Å². The number of carbonyl (C=O) groups excluding carboxylic acids is 1. The van der Waals surface area contributed by atoms with Gasteiger partial charge in [-0.25, -0.2) is 0 Å². The van der Waals surface area contributed by atoms with E-state index in [1.165, 1.54) is 0 Å². The van der Waals surface area contributed by atoms with Gasteiger partial charge >= 0.3 is 0 Å². The standard InChI is InChI=1S/C10H10Cl2N2O/c11-8-4-6(13)5-9(12)7(8)2-1-3-10(14)15/h1-2,4-5H,3,13H2,(H2,14,15). The second-order valence-corrected chi connectivity index (χ2v) is 3.79. The summed E-state index contributed by atoms with van der Waals surface area (Å²) in [5.74, 6) is -0.408. The van der Waals surface area contributed by atoms with Gasteiger partial charge < -0.3 is 11.5 Å². The van der Waals surface area contributed by atoms with Crippen LogP contribution in [0.5, 0.6) is 0 Å². The van der Waals surface area contributed by atoms with Crippen LogP contribution >= 0.6 is 23.2 Å². The van der Waals surface area contributed by atoms with Gasteiger partial charge in [0.15, 0.2) is 0 Å². The fraction of sp³-hybridized carbons (Fsp3) is 0.100. The van der Waals surface area contributed by atoms with Crippen molar-refractivity contribution in [1.82, 2.24) is 0 Å². The minimum absolute atomic E-state index is 0.150. The van der Waals surface area contributed by atoms with Gasteiger partial charge in [0.2, 0.25) is 5.91 Å². The zero-order valence-corrected chi connectivity index (χ0v) is 9.35. The third-order valence-corrected chi connectivity index (χ3v) is 2.33. The molecule has 4 N–H and O–H groups in total. The van der Waals surface area contributed by atoms with E-state index < -0.39 is 5.91 Å². The van der Waals surface area contributed by atoms with Crippen molar-refractivity contribution >= 4 is 40.9 Å². The number of benzene rings is 1. The number of hydrogen-bond donors (Lipinski definition) is 2. The number of nitrogens with two attached hydrogens (primary N) is 2. The van der Waals surface area contributed by atoms with Crippen LogP contribution in [-0.2, 0) is 4.79 Å². The molecule has 0 fully saturated rings. The van der Waals surface area contributed by atoms with Gasteiger partial charge in [-0.05, 0) is 12.1 Å². The van der Waals surface area contributed by atoms with Crippen molar-refractivity contribution in [3.8, 4) is 0 Å². The zero-order valence-electron chi connectivity index (χ0n) is 7.84. The Morgan fingerprint density at radius 3 is 2.33 bits per heavy atom. The van der Waals surface area contributed by atoms with Gasteiger partial charge in [0.25, 0.3) is 0 Å². The average Bonchev–Trinajstić information content (AvgIpc) is 2.08. The van der Waals surface area contributed by atoms with E-state index in [0.717, 1.165) is 0 Å². The maximum Gasteiger partial charge on any atom is 0.221 e. The molecule has 0 aliphatic heterocycles. The lowest BCUT2D eigenvalue weighted by Gasteiger charge is -2.03. The predicted octanol–water partition coefficient (Wildman–Crippen LogP) is 2.46. The maximum absolute atomic E-state index is 10.5. The lowest BCUT2D eigenvalue weighted by molar-refractivity contribution is -0.117. The molecule has 0 heterocycles. The van der Waals surface area contributed by atoms with Gasteiger partial charge in [0.1, 0.15) is 0 Å². The Labute approximate surface area is 97.6 Å². The normalized spacial score (nSPS) is 10.8. The first-order valence-corrected chi connectivity index (χ1v) is 4.95. The van der Waals surface area contributed by atoms with Crippen molar-refractivity contribution in [3.05, 3.63) is 33.8 Å². The van der Waals surface area contributed by atoms with Crippen LogP contribution in [0, 0.1) is 0 Å². The van der Waals surface area contributed by atoms with E-state index in [1.807, 2.05) is 0 Å². The monoisotopic (exact) mass is 244 g/mol. The van der Waals surface area contributed by atoms with Crippen molar-refractivity contribution in [3.63, 3.8) is 0 Å². The summed E-state index contributed by atoms with van der Waals surface area (Å²) in [7, 11) is 0. The SMILES string of the molecule is NC(=O)CC=Cc1c(Cl)cc(N)cc1Cl. The van der Waals surface area contributed by atoms with E-state index in [2.05, 4.69) is 0 Å². The Morgan fingerprint density at radius 1 is 1.33 bits per heavy atom. The van der Waals surface area contributed by atoms with E-state index >= 15 is 0 Å². The van der Waals surface area contributed by atoms with Gasteiger partial charge in [0.05, 0.1) is 10.0 Å². The maximum atomic E-state index is 10.5. The minimum atomic E-state index is -0.408. The summed E-state index contributed by atoms with van der Waals surface area (Å²) < 4.78 is 0. The molecule has 5 heteroatoms. The number of nitrogen functional groups attached to an aromatic ring is 1. The molecule has 1 aromatic carbocycles. The van der Waals surface area contributed by atoms with E-state index in [-0.39, 0.29) is 6.42 Å². The Hall–Kier alpha value is -1.19. The molecule has 0 saturated carbocycles. The van der Waals surface area contributed by atoms with Crippen molar-refractivity contribution in [2.24, 2.45) is 5.73 Å². The zero-order chi connectivity index (χ0) is 11.4. The molecule has 0 atom stereocenters. The van der Waals surface area contributed by atoms with Crippen LogP contribution in [0.3, 0.4) is 0 Å². The molecule has 15 heavy (non-hydrogen) atoms. The summed E-state index contributed by atoms with van der Waals surface area (Å²) in [6, 6.07) is 3.19. The highest BCUT2D eigenvalue weighted by Gasteiger charge is 2.03. The highest BCUT2D eigenvalue weighted by molar-refractivity contribution is 6.37. The minimum Gasteiger partial charge on any atom is -0.399 e. The molecule has 0 spiro atoms. The van der Waals surface area contributed by atoms with Crippen molar-refractivity contribution < 1.29 is 4.79 Å². The molecular weight excluding hydrogens is 235 g/mol. The highest BCUT2D eigenvalue weighted by atomic mass is 35.5. The molecule has 0 saturated heterocycles. The highest BCUT2D eigenvalue weighted by Crippen LogP contribution is 2.28. The Bertz CT molecular complexity index is 393. The van der Waals surface area contributed by atoms with E-state index in [0.29, 0.717) is 21.3 Å². The van der Waals surface area contributed by atoms with Crippen LogP contribution in [0.1, 0.15) is 12.0 Å². The molecule has 3 nitrogen and oxygen atoms in total. The Kier molecular flexibility index (Phi) is 4.00. The average molecular weight is 245 g/mol. The summed E-state index contributed by atoms with van der Waals surface area (Å²) in [5.41, 5.74) is 11.6. The number of hydrogen-bond acceptors (Lipinski definition) is 2. The smallest absolute Gasteiger partial charge is 0.221 e. The van der Waals surface area contributed by atoms with Crippen molar-refractivity contribution in [2.75, 3.05) is 5.73 Å². The first kappa shape index (κ1) is 11.9. The van der Waals surface area contributed by atoms with E-state index in [4.69, 9.17) is 34.7 Å². The molecule has 0 aliphatic carbocycles. The number of rotatable bonds is 3. The van der Waals surface area contributed by atoms with Gasteiger partial charge in [-0.15, -0.1) is 0 Å². The summed E-state index contributed by atoms with van der Waals surface area (Å²) in [6.07, 6.45) is 3.40. The van der Waals surface area contributed by atoms with Crippen LogP contribution < -0.4 is 11.5 Å². The number of amides is 1.